The van der Waals surface area contributed by atoms with E-state index in [1.54, 1.807) is 4.90 Å². The van der Waals surface area contributed by atoms with Crippen molar-refractivity contribution < 1.29 is 13.2 Å². The number of azide groups is 1. The van der Waals surface area contributed by atoms with E-state index in [4.69, 9.17) is 5.53 Å². The standard InChI is InChI=1S/C11H11F3N4/c12-11(13,14)9-7-8(16-17-15)3-4-10(9)18-5-1-2-6-18/h3-4,7H,1-2,5-6H2. The second-order valence-electron chi connectivity index (χ2n) is 4.08. The maximum absolute atomic E-state index is 13.0. The summed E-state index contributed by atoms with van der Waals surface area (Å²) in [6.45, 7) is 1.26. The fraction of sp³-hybridized carbons (Fsp3) is 0.455. The van der Waals surface area contributed by atoms with Crippen molar-refractivity contribution >= 4 is 11.4 Å². The van der Waals surface area contributed by atoms with Gasteiger partial charge in [0, 0.05) is 29.4 Å². The first-order chi connectivity index (χ1) is 8.52. The van der Waals surface area contributed by atoms with Gasteiger partial charge in [0.1, 0.15) is 0 Å². The van der Waals surface area contributed by atoms with E-state index in [1.807, 2.05) is 0 Å². The minimum absolute atomic E-state index is 0.0206. The van der Waals surface area contributed by atoms with Crippen molar-refractivity contribution in [2.24, 2.45) is 5.11 Å². The molecule has 2 rings (SSSR count). The highest BCUT2D eigenvalue weighted by atomic mass is 19.4. The predicted octanol–water partition coefficient (Wildman–Crippen LogP) is 4.25. The van der Waals surface area contributed by atoms with Gasteiger partial charge in [-0.2, -0.15) is 13.2 Å². The molecule has 0 saturated carbocycles. The summed E-state index contributed by atoms with van der Waals surface area (Å²) in [6.07, 6.45) is -2.65. The Hall–Kier alpha value is -1.88. The summed E-state index contributed by atoms with van der Waals surface area (Å²) in [6, 6.07) is 3.67. The number of anilines is 1. The number of nitrogens with zero attached hydrogens (tertiary/aromatic N) is 4. The molecule has 0 spiro atoms. The van der Waals surface area contributed by atoms with Crippen LogP contribution in [0.5, 0.6) is 0 Å². The van der Waals surface area contributed by atoms with Gasteiger partial charge < -0.3 is 4.90 Å². The van der Waals surface area contributed by atoms with Gasteiger partial charge in [-0.15, -0.1) is 0 Å². The molecule has 7 heteroatoms. The van der Waals surface area contributed by atoms with Crippen LogP contribution in [0.15, 0.2) is 23.3 Å². The molecule has 1 aromatic rings. The summed E-state index contributed by atoms with van der Waals surface area (Å²) >= 11 is 0. The van der Waals surface area contributed by atoms with Crippen molar-refractivity contribution in [2.75, 3.05) is 18.0 Å². The third-order valence-electron chi connectivity index (χ3n) is 2.89. The van der Waals surface area contributed by atoms with E-state index in [0.717, 1.165) is 18.9 Å². The lowest BCUT2D eigenvalue weighted by molar-refractivity contribution is -0.137. The molecular weight excluding hydrogens is 245 g/mol. The molecule has 1 aliphatic rings. The van der Waals surface area contributed by atoms with Crippen LogP contribution < -0.4 is 4.90 Å². The van der Waals surface area contributed by atoms with E-state index in [2.05, 4.69) is 10.0 Å². The summed E-state index contributed by atoms with van der Waals surface area (Å²) in [4.78, 5) is 4.21. The van der Waals surface area contributed by atoms with Gasteiger partial charge in [-0.05, 0) is 30.5 Å². The van der Waals surface area contributed by atoms with Crippen molar-refractivity contribution in [3.05, 3.63) is 34.2 Å². The molecular formula is C11H11F3N4. The molecule has 1 aromatic carbocycles. The average Bonchev–Trinajstić information content (AvgIpc) is 2.81. The number of benzene rings is 1. The van der Waals surface area contributed by atoms with Gasteiger partial charge in [-0.1, -0.05) is 11.2 Å². The van der Waals surface area contributed by atoms with Crippen molar-refractivity contribution in [1.82, 2.24) is 0 Å². The highest BCUT2D eigenvalue weighted by Crippen LogP contribution is 2.39. The highest BCUT2D eigenvalue weighted by Gasteiger charge is 2.35. The molecule has 96 valence electrons. The largest absolute Gasteiger partial charge is 0.418 e. The van der Waals surface area contributed by atoms with E-state index in [1.165, 1.54) is 12.1 Å². The Morgan fingerprint density at radius 1 is 1.22 bits per heavy atom. The number of rotatable bonds is 2. The number of halogens is 3. The molecule has 1 aliphatic heterocycles. The Morgan fingerprint density at radius 3 is 2.44 bits per heavy atom. The Labute approximate surface area is 102 Å². The lowest BCUT2D eigenvalue weighted by Crippen LogP contribution is -2.21. The molecule has 0 bridgehead atoms. The summed E-state index contributed by atoms with van der Waals surface area (Å²) in [5.74, 6) is 0. The second-order valence-corrected chi connectivity index (χ2v) is 4.08. The maximum Gasteiger partial charge on any atom is 0.418 e. The van der Waals surface area contributed by atoms with Crippen molar-refractivity contribution in [3.8, 4) is 0 Å². The zero-order chi connectivity index (χ0) is 13.2. The van der Waals surface area contributed by atoms with Crippen LogP contribution in [-0.4, -0.2) is 13.1 Å². The Balaban J connectivity index is 2.47. The molecule has 0 unspecified atom stereocenters. The van der Waals surface area contributed by atoms with Gasteiger partial charge in [-0.25, -0.2) is 0 Å². The van der Waals surface area contributed by atoms with Crippen LogP contribution in [0.4, 0.5) is 24.5 Å². The van der Waals surface area contributed by atoms with E-state index in [9.17, 15) is 13.2 Å². The first-order valence-corrected chi connectivity index (χ1v) is 5.53. The lowest BCUT2D eigenvalue weighted by Gasteiger charge is -2.22. The van der Waals surface area contributed by atoms with Gasteiger partial charge in [-0.3, -0.25) is 0 Å². The number of hydrogen-bond acceptors (Lipinski definition) is 2. The number of hydrogen-bond donors (Lipinski definition) is 0. The predicted molar refractivity (Wildman–Crippen MR) is 61.7 cm³/mol. The van der Waals surface area contributed by atoms with Gasteiger partial charge >= 0.3 is 6.18 Å². The minimum Gasteiger partial charge on any atom is -0.371 e. The van der Waals surface area contributed by atoms with E-state index >= 15 is 0 Å². The summed E-state index contributed by atoms with van der Waals surface area (Å²) in [5, 5.41) is 3.21. The average molecular weight is 256 g/mol. The SMILES string of the molecule is [N-]=[N+]=Nc1ccc(N2CCCC2)c(C(F)(F)F)c1. The fourth-order valence-corrected chi connectivity index (χ4v) is 2.10. The molecule has 1 heterocycles. The Bertz CT molecular complexity index is 486. The minimum atomic E-state index is -4.45. The van der Waals surface area contributed by atoms with Crippen LogP contribution in [-0.2, 0) is 6.18 Å². The van der Waals surface area contributed by atoms with Crippen LogP contribution in [0.2, 0.25) is 0 Å². The van der Waals surface area contributed by atoms with Gasteiger partial charge in [0.15, 0.2) is 0 Å². The summed E-state index contributed by atoms with van der Waals surface area (Å²) in [5.41, 5.74) is 7.66. The first-order valence-electron chi connectivity index (χ1n) is 5.53. The number of alkyl halides is 3. The van der Waals surface area contributed by atoms with Gasteiger partial charge in [0.25, 0.3) is 0 Å². The highest BCUT2D eigenvalue weighted by molar-refractivity contribution is 5.61. The van der Waals surface area contributed by atoms with Crippen LogP contribution >= 0.6 is 0 Å². The normalized spacial score (nSPS) is 15.6. The lowest BCUT2D eigenvalue weighted by atomic mass is 10.1. The molecule has 0 radical (unpaired) electrons. The van der Waals surface area contributed by atoms with Gasteiger partial charge in [0.05, 0.1) is 5.56 Å². The van der Waals surface area contributed by atoms with Crippen LogP contribution in [0.3, 0.4) is 0 Å². The van der Waals surface area contributed by atoms with E-state index < -0.39 is 11.7 Å². The third-order valence-corrected chi connectivity index (χ3v) is 2.89. The van der Waals surface area contributed by atoms with Crippen molar-refractivity contribution in [2.45, 2.75) is 19.0 Å². The second kappa shape index (κ2) is 4.78. The quantitative estimate of drug-likeness (QED) is 0.443. The Kier molecular flexibility index (Phi) is 3.34. The zero-order valence-corrected chi connectivity index (χ0v) is 9.48. The zero-order valence-electron chi connectivity index (χ0n) is 9.48. The monoisotopic (exact) mass is 256 g/mol. The smallest absolute Gasteiger partial charge is 0.371 e. The third kappa shape index (κ3) is 2.51. The molecule has 0 amide bonds. The van der Waals surface area contributed by atoms with Crippen LogP contribution in [0.1, 0.15) is 18.4 Å². The van der Waals surface area contributed by atoms with E-state index in [0.29, 0.717) is 13.1 Å². The molecule has 1 saturated heterocycles. The topological polar surface area (TPSA) is 52.0 Å². The van der Waals surface area contributed by atoms with Crippen LogP contribution in [0.25, 0.3) is 10.4 Å². The maximum atomic E-state index is 13.0. The molecule has 1 fully saturated rings. The summed E-state index contributed by atoms with van der Waals surface area (Å²) < 4.78 is 38.9. The van der Waals surface area contributed by atoms with Crippen molar-refractivity contribution in [1.29, 1.82) is 0 Å². The molecule has 18 heavy (non-hydrogen) atoms. The van der Waals surface area contributed by atoms with Gasteiger partial charge in [0.2, 0.25) is 0 Å². The molecule has 0 N–H and O–H groups in total. The summed E-state index contributed by atoms with van der Waals surface area (Å²) in [7, 11) is 0. The molecule has 0 aromatic heterocycles. The Morgan fingerprint density at radius 2 is 1.89 bits per heavy atom. The molecule has 4 nitrogen and oxygen atoms in total. The van der Waals surface area contributed by atoms with Crippen molar-refractivity contribution in [3.63, 3.8) is 0 Å². The first kappa shape index (κ1) is 12.6. The molecule has 0 aliphatic carbocycles. The fourth-order valence-electron chi connectivity index (χ4n) is 2.10. The van der Waals surface area contributed by atoms with E-state index in [-0.39, 0.29) is 11.4 Å². The van der Waals surface area contributed by atoms with Crippen LogP contribution in [0, 0.1) is 0 Å². The molecule has 0 atom stereocenters.